The minimum atomic E-state index is -0.208. The lowest BCUT2D eigenvalue weighted by Crippen LogP contribution is -2.34. The summed E-state index contributed by atoms with van der Waals surface area (Å²) in [6, 6.07) is 8.07. The molecule has 0 aliphatic heterocycles. The van der Waals surface area contributed by atoms with Gasteiger partial charge in [0.2, 0.25) is 0 Å². The van der Waals surface area contributed by atoms with E-state index in [4.69, 9.17) is 4.74 Å². The Labute approximate surface area is 135 Å². The van der Waals surface area contributed by atoms with Gasteiger partial charge in [0.25, 0.3) is 0 Å². The van der Waals surface area contributed by atoms with Gasteiger partial charge in [-0.25, -0.2) is 9.97 Å². The quantitative estimate of drug-likeness (QED) is 0.785. The van der Waals surface area contributed by atoms with Crippen LogP contribution in [-0.2, 0) is 13.5 Å². The maximum atomic E-state index is 5.45. The second-order valence-corrected chi connectivity index (χ2v) is 6.22. The van der Waals surface area contributed by atoms with Gasteiger partial charge < -0.3 is 10.1 Å². The van der Waals surface area contributed by atoms with Crippen LogP contribution in [0.4, 0.5) is 5.82 Å². The number of aromatic nitrogens is 4. The molecule has 1 N–H and O–H groups in total. The molecule has 0 saturated heterocycles. The number of hydrogen-bond donors (Lipinski definition) is 1. The summed E-state index contributed by atoms with van der Waals surface area (Å²) in [7, 11) is 3.59. The predicted octanol–water partition coefficient (Wildman–Crippen LogP) is 2.81. The summed E-state index contributed by atoms with van der Waals surface area (Å²) in [5.41, 5.74) is 2.68. The summed E-state index contributed by atoms with van der Waals surface area (Å²) in [5.74, 6) is 1.69. The molecule has 6 heteroatoms. The van der Waals surface area contributed by atoms with Crippen molar-refractivity contribution in [3.63, 3.8) is 0 Å². The van der Waals surface area contributed by atoms with Gasteiger partial charge >= 0.3 is 0 Å². The molecule has 0 atom stereocenters. The molecule has 2 heterocycles. The Bertz CT molecular complexity index is 825. The standard InChI is InChI=1S/C17H21N5O/c1-17(2,9-12-7-5-6-8-14(12)23-4)21-16-15-13(18-11-19-16)10-20-22(15)3/h5-8,10-11H,9H2,1-4H3,(H,18,19,21). The van der Waals surface area contributed by atoms with E-state index in [-0.39, 0.29) is 5.54 Å². The second kappa shape index (κ2) is 5.87. The first-order chi connectivity index (χ1) is 11.0. The summed E-state index contributed by atoms with van der Waals surface area (Å²) < 4.78 is 7.24. The highest BCUT2D eigenvalue weighted by Crippen LogP contribution is 2.27. The Morgan fingerprint density at radius 2 is 2.00 bits per heavy atom. The molecule has 2 aromatic heterocycles. The van der Waals surface area contributed by atoms with Gasteiger partial charge in [0.05, 0.1) is 13.3 Å². The molecule has 6 nitrogen and oxygen atoms in total. The fraction of sp³-hybridized carbons (Fsp3) is 0.353. The third-order valence-electron chi connectivity index (χ3n) is 3.81. The molecule has 0 aliphatic carbocycles. The van der Waals surface area contributed by atoms with E-state index in [2.05, 4.69) is 40.3 Å². The van der Waals surface area contributed by atoms with Crippen molar-refractivity contribution in [1.82, 2.24) is 19.7 Å². The van der Waals surface area contributed by atoms with Crippen LogP contribution in [-0.4, -0.2) is 32.4 Å². The molecule has 23 heavy (non-hydrogen) atoms. The first-order valence-corrected chi connectivity index (χ1v) is 7.53. The van der Waals surface area contributed by atoms with Crippen molar-refractivity contribution in [2.45, 2.75) is 25.8 Å². The second-order valence-electron chi connectivity index (χ2n) is 6.22. The Hall–Kier alpha value is -2.63. The minimum Gasteiger partial charge on any atom is -0.496 e. The van der Waals surface area contributed by atoms with Gasteiger partial charge in [0, 0.05) is 12.6 Å². The Morgan fingerprint density at radius 1 is 1.22 bits per heavy atom. The SMILES string of the molecule is COc1ccccc1CC(C)(C)Nc1ncnc2cnn(C)c12. The number of anilines is 1. The number of hydrogen-bond acceptors (Lipinski definition) is 5. The molecule has 0 bridgehead atoms. The van der Waals surface area contributed by atoms with Crippen molar-refractivity contribution in [2.24, 2.45) is 7.05 Å². The van der Waals surface area contributed by atoms with Crippen LogP contribution in [0.25, 0.3) is 11.0 Å². The van der Waals surface area contributed by atoms with E-state index < -0.39 is 0 Å². The summed E-state index contributed by atoms with van der Waals surface area (Å²) in [6.07, 6.45) is 4.11. The fourth-order valence-corrected chi connectivity index (χ4v) is 2.79. The number of nitrogens with zero attached hydrogens (tertiary/aromatic N) is 4. The highest BCUT2D eigenvalue weighted by Gasteiger charge is 2.22. The maximum Gasteiger partial charge on any atom is 0.156 e. The Balaban J connectivity index is 1.89. The van der Waals surface area contributed by atoms with Crippen molar-refractivity contribution in [1.29, 1.82) is 0 Å². The lowest BCUT2D eigenvalue weighted by molar-refractivity contribution is 0.405. The van der Waals surface area contributed by atoms with Crippen LogP contribution >= 0.6 is 0 Å². The summed E-state index contributed by atoms with van der Waals surface area (Å²) in [6.45, 7) is 4.29. The molecular formula is C17H21N5O. The maximum absolute atomic E-state index is 5.45. The van der Waals surface area contributed by atoms with Crippen molar-refractivity contribution in [2.75, 3.05) is 12.4 Å². The molecule has 0 amide bonds. The minimum absolute atomic E-state index is 0.208. The van der Waals surface area contributed by atoms with Crippen LogP contribution in [0.5, 0.6) is 5.75 Å². The molecule has 3 rings (SSSR count). The number of para-hydroxylation sites is 1. The fourth-order valence-electron chi connectivity index (χ4n) is 2.79. The van der Waals surface area contributed by atoms with Crippen molar-refractivity contribution in [3.05, 3.63) is 42.4 Å². The average Bonchev–Trinajstić information content (AvgIpc) is 2.89. The largest absolute Gasteiger partial charge is 0.496 e. The lowest BCUT2D eigenvalue weighted by Gasteiger charge is -2.28. The molecule has 120 valence electrons. The van der Waals surface area contributed by atoms with Crippen molar-refractivity contribution in [3.8, 4) is 5.75 Å². The van der Waals surface area contributed by atoms with E-state index in [1.165, 1.54) is 0 Å². The summed E-state index contributed by atoms with van der Waals surface area (Å²) in [4.78, 5) is 8.64. The molecular weight excluding hydrogens is 290 g/mol. The highest BCUT2D eigenvalue weighted by molar-refractivity contribution is 5.85. The van der Waals surface area contributed by atoms with Crippen LogP contribution in [0.3, 0.4) is 0 Å². The molecule has 0 saturated carbocycles. The predicted molar refractivity (Wildman–Crippen MR) is 90.7 cm³/mol. The zero-order chi connectivity index (χ0) is 16.4. The molecule has 0 spiro atoms. The third-order valence-corrected chi connectivity index (χ3v) is 3.81. The van der Waals surface area contributed by atoms with Crippen LogP contribution < -0.4 is 10.1 Å². The van der Waals surface area contributed by atoms with E-state index in [1.807, 2.05) is 25.2 Å². The zero-order valence-electron chi connectivity index (χ0n) is 13.9. The Morgan fingerprint density at radius 3 is 2.78 bits per heavy atom. The monoisotopic (exact) mass is 311 g/mol. The van der Waals surface area contributed by atoms with Gasteiger partial charge in [0.1, 0.15) is 23.1 Å². The first-order valence-electron chi connectivity index (χ1n) is 7.53. The third kappa shape index (κ3) is 3.11. The number of nitrogens with one attached hydrogen (secondary N) is 1. The number of rotatable bonds is 5. The van der Waals surface area contributed by atoms with Crippen LogP contribution in [0.2, 0.25) is 0 Å². The normalized spacial score (nSPS) is 11.7. The van der Waals surface area contributed by atoms with Gasteiger partial charge in [-0.1, -0.05) is 18.2 Å². The van der Waals surface area contributed by atoms with E-state index in [1.54, 1.807) is 24.3 Å². The number of benzene rings is 1. The van der Waals surface area contributed by atoms with Gasteiger partial charge in [-0.2, -0.15) is 5.10 Å². The molecule has 0 radical (unpaired) electrons. The first kappa shape index (κ1) is 15.3. The topological polar surface area (TPSA) is 64.9 Å². The van der Waals surface area contributed by atoms with Crippen LogP contribution in [0.1, 0.15) is 19.4 Å². The summed E-state index contributed by atoms with van der Waals surface area (Å²) in [5, 5.41) is 7.77. The van der Waals surface area contributed by atoms with Crippen LogP contribution in [0.15, 0.2) is 36.8 Å². The van der Waals surface area contributed by atoms with E-state index >= 15 is 0 Å². The van der Waals surface area contributed by atoms with Crippen LogP contribution in [0, 0.1) is 0 Å². The number of methoxy groups -OCH3 is 1. The highest BCUT2D eigenvalue weighted by atomic mass is 16.5. The van der Waals surface area contributed by atoms with Gasteiger partial charge in [-0.15, -0.1) is 0 Å². The van der Waals surface area contributed by atoms with E-state index in [0.717, 1.165) is 34.6 Å². The molecule has 0 aliphatic rings. The molecule has 0 fully saturated rings. The molecule has 1 aromatic carbocycles. The average molecular weight is 311 g/mol. The van der Waals surface area contributed by atoms with E-state index in [0.29, 0.717) is 0 Å². The van der Waals surface area contributed by atoms with Gasteiger partial charge in [-0.3, -0.25) is 4.68 Å². The van der Waals surface area contributed by atoms with E-state index in [9.17, 15) is 0 Å². The molecule has 0 unspecified atom stereocenters. The number of aryl methyl sites for hydroxylation is 1. The lowest BCUT2D eigenvalue weighted by atomic mass is 9.94. The Kier molecular flexibility index (Phi) is 3.90. The van der Waals surface area contributed by atoms with Gasteiger partial charge in [-0.05, 0) is 31.9 Å². The summed E-state index contributed by atoms with van der Waals surface area (Å²) >= 11 is 0. The van der Waals surface area contributed by atoms with Crippen molar-refractivity contribution < 1.29 is 4.74 Å². The molecule has 3 aromatic rings. The number of ether oxygens (including phenoxy) is 1. The smallest absolute Gasteiger partial charge is 0.156 e. The zero-order valence-corrected chi connectivity index (χ0v) is 13.9. The van der Waals surface area contributed by atoms with Gasteiger partial charge in [0.15, 0.2) is 5.82 Å². The van der Waals surface area contributed by atoms with Crippen molar-refractivity contribution >= 4 is 16.9 Å². The number of fused-ring (bicyclic) bond motifs is 1.